The van der Waals surface area contributed by atoms with Crippen molar-refractivity contribution in [3.8, 4) is 0 Å². The maximum atomic E-state index is 12.2. The van der Waals surface area contributed by atoms with Gasteiger partial charge in [0, 0.05) is 24.8 Å². The first-order chi connectivity index (χ1) is 10.6. The van der Waals surface area contributed by atoms with E-state index in [1.165, 1.54) is 0 Å². The van der Waals surface area contributed by atoms with Crippen LogP contribution in [0.3, 0.4) is 0 Å². The van der Waals surface area contributed by atoms with E-state index in [-0.39, 0.29) is 19.1 Å². The number of hydrogen-bond acceptors (Lipinski definition) is 4. The molecule has 2 heterocycles. The van der Waals surface area contributed by atoms with Crippen molar-refractivity contribution in [1.29, 1.82) is 0 Å². The lowest BCUT2D eigenvalue weighted by Crippen LogP contribution is -2.48. The van der Waals surface area contributed by atoms with Gasteiger partial charge in [-0.15, -0.1) is 0 Å². The molecule has 1 aliphatic rings. The van der Waals surface area contributed by atoms with Crippen LogP contribution < -0.4 is 0 Å². The molecule has 1 atom stereocenters. The molecule has 1 N–H and O–H groups in total. The number of benzene rings is 1. The second-order valence-corrected chi connectivity index (χ2v) is 5.29. The minimum Gasteiger partial charge on any atom is -0.479 e. The largest absolute Gasteiger partial charge is 0.479 e. The number of morpholine rings is 1. The first kappa shape index (κ1) is 14.6. The summed E-state index contributed by atoms with van der Waals surface area (Å²) in [5.74, 6) is -0.345. The predicted molar refractivity (Wildman–Crippen MR) is 78.5 cm³/mol. The van der Waals surface area contributed by atoms with Crippen LogP contribution in [0.25, 0.3) is 11.0 Å². The topological polar surface area (TPSA) is 80.0 Å². The molecule has 116 valence electrons. The van der Waals surface area contributed by atoms with Crippen LogP contribution >= 0.6 is 0 Å². The van der Waals surface area contributed by atoms with E-state index in [9.17, 15) is 9.59 Å². The molecular formula is C16H17NO5. The highest BCUT2D eigenvalue weighted by Gasteiger charge is 2.28. The number of aliphatic carboxylic acids is 1. The van der Waals surface area contributed by atoms with Crippen LogP contribution in [-0.2, 0) is 20.7 Å². The minimum atomic E-state index is -1.03. The van der Waals surface area contributed by atoms with Crippen molar-refractivity contribution in [2.75, 3.05) is 19.7 Å². The average molecular weight is 303 g/mol. The fraction of sp³-hybridized carbons (Fsp3) is 0.375. The highest BCUT2D eigenvalue weighted by molar-refractivity contribution is 5.80. The maximum absolute atomic E-state index is 12.2. The number of amides is 1. The van der Waals surface area contributed by atoms with Gasteiger partial charge in [0.25, 0.3) is 0 Å². The molecule has 0 radical (unpaired) electrons. The van der Waals surface area contributed by atoms with E-state index >= 15 is 0 Å². The molecule has 0 bridgehead atoms. The first-order valence-electron chi connectivity index (χ1n) is 7.23. The molecule has 0 saturated carbocycles. The number of nitrogens with zero attached hydrogens (tertiary/aromatic N) is 1. The van der Waals surface area contributed by atoms with Gasteiger partial charge in [-0.3, -0.25) is 4.79 Å². The number of carboxylic acid groups (broad SMARTS) is 1. The van der Waals surface area contributed by atoms with Gasteiger partial charge < -0.3 is 19.2 Å². The van der Waals surface area contributed by atoms with E-state index in [0.717, 1.165) is 16.7 Å². The van der Waals surface area contributed by atoms with Crippen LogP contribution in [-0.4, -0.2) is 47.7 Å². The fourth-order valence-electron chi connectivity index (χ4n) is 2.57. The van der Waals surface area contributed by atoms with Gasteiger partial charge in [0.15, 0.2) is 6.10 Å². The summed E-state index contributed by atoms with van der Waals surface area (Å²) in [5, 5.41) is 9.96. The van der Waals surface area contributed by atoms with Gasteiger partial charge in [-0.25, -0.2) is 4.79 Å². The summed E-state index contributed by atoms with van der Waals surface area (Å²) in [7, 11) is 0. The summed E-state index contributed by atoms with van der Waals surface area (Å²) in [6.45, 7) is 0.796. The smallest absolute Gasteiger partial charge is 0.334 e. The lowest BCUT2D eigenvalue weighted by molar-refractivity contribution is -0.159. The third-order valence-electron chi connectivity index (χ3n) is 3.76. The average Bonchev–Trinajstić information content (AvgIpc) is 2.95. The number of carbonyl (C=O) groups is 2. The zero-order valence-electron chi connectivity index (χ0n) is 12.0. The number of ether oxygens (including phenoxy) is 1. The van der Waals surface area contributed by atoms with Gasteiger partial charge in [0.2, 0.25) is 5.91 Å². The molecule has 0 spiro atoms. The van der Waals surface area contributed by atoms with Crippen molar-refractivity contribution >= 4 is 22.8 Å². The molecule has 1 saturated heterocycles. The van der Waals surface area contributed by atoms with Crippen LogP contribution in [0, 0.1) is 0 Å². The molecule has 1 fully saturated rings. The molecule has 1 aromatic carbocycles. The van der Waals surface area contributed by atoms with Gasteiger partial charge >= 0.3 is 5.97 Å². The second kappa shape index (κ2) is 6.19. The Labute approximate surface area is 127 Å². The van der Waals surface area contributed by atoms with Crippen LogP contribution in [0.1, 0.15) is 12.2 Å². The van der Waals surface area contributed by atoms with Gasteiger partial charge in [-0.05, 0) is 12.1 Å². The number of carbonyl (C=O) groups excluding carboxylic acids is 1. The number of rotatable bonds is 4. The standard InChI is InChI=1S/C16H17NO5/c18-15(17-7-8-21-14(10-17)16(19)20)6-5-12-9-11-3-1-2-4-13(11)22-12/h1-4,9,14H,5-8,10H2,(H,19,20)/t14-/m0/s1. The van der Waals surface area contributed by atoms with Gasteiger partial charge in [-0.2, -0.15) is 0 Å². The Balaban J connectivity index is 1.58. The fourth-order valence-corrected chi connectivity index (χ4v) is 2.57. The molecular weight excluding hydrogens is 286 g/mol. The molecule has 1 aliphatic heterocycles. The van der Waals surface area contributed by atoms with Crippen molar-refractivity contribution in [1.82, 2.24) is 4.90 Å². The summed E-state index contributed by atoms with van der Waals surface area (Å²) < 4.78 is 10.8. The molecule has 22 heavy (non-hydrogen) atoms. The highest BCUT2D eigenvalue weighted by atomic mass is 16.5. The number of hydrogen-bond donors (Lipinski definition) is 1. The number of fused-ring (bicyclic) bond motifs is 1. The van der Waals surface area contributed by atoms with Gasteiger partial charge in [0.1, 0.15) is 11.3 Å². The summed E-state index contributed by atoms with van der Waals surface area (Å²) in [6.07, 6.45) is -0.127. The van der Waals surface area contributed by atoms with E-state index in [4.69, 9.17) is 14.3 Å². The summed E-state index contributed by atoms with van der Waals surface area (Å²) in [4.78, 5) is 24.7. The normalized spacial score (nSPS) is 18.5. The van der Waals surface area contributed by atoms with E-state index in [1.807, 2.05) is 30.3 Å². The number of aryl methyl sites for hydroxylation is 1. The van der Waals surface area contributed by atoms with Crippen LogP contribution in [0.2, 0.25) is 0 Å². The lowest BCUT2D eigenvalue weighted by atomic mass is 10.2. The third-order valence-corrected chi connectivity index (χ3v) is 3.76. The van der Waals surface area contributed by atoms with Crippen molar-refractivity contribution in [2.24, 2.45) is 0 Å². The van der Waals surface area contributed by atoms with E-state index in [1.54, 1.807) is 4.90 Å². The number of carboxylic acids is 1. The van der Waals surface area contributed by atoms with E-state index in [2.05, 4.69) is 0 Å². The second-order valence-electron chi connectivity index (χ2n) is 5.29. The zero-order chi connectivity index (χ0) is 15.5. The van der Waals surface area contributed by atoms with Crippen LogP contribution in [0.4, 0.5) is 0 Å². The maximum Gasteiger partial charge on any atom is 0.334 e. The van der Waals surface area contributed by atoms with Crippen molar-refractivity contribution in [3.63, 3.8) is 0 Å². The van der Waals surface area contributed by atoms with Crippen molar-refractivity contribution in [2.45, 2.75) is 18.9 Å². The Morgan fingerprint density at radius 1 is 1.32 bits per heavy atom. The molecule has 6 heteroatoms. The Kier molecular flexibility index (Phi) is 4.11. The molecule has 6 nitrogen and oxygen atoms in total. The summed E-state index contributed by atoms with van der Waals surface area (Å²) >= 11 is 0. The Morgan fingerprint density at radius 3 is 2.91 bits per heavy atom. The van der Waals surface area contributed by atoms with Gasteiger partial charge in [0.05, 0.1) is 13.2 Å². The summed E-state index contributed by atoms with van der Waals surface area (Å²) in [6, 6.07) is 9.62. The Bertz CT molecular complexity index is 660. The molecule has 0 aliphatic carbocycles. The summed E-state index contributed by atoms with van der Waals surface area (Å²) in [5.41, 5.74) is 0.808. The molecule has 0 unspecified atom stereocenters. The SMILES string of the molecule is O=C(O)[C@@H]1CN(C(=O)CCc2cc3ccccc3o2)CCO1. The van der Waals surface area contributed by atoms with Crippen LogP contribution in [0.15, 0.2) is 34.7 Å². The lowest BCUT2D eigenvalue weighted by Gasteiger charge is -2.30. The number of para-hydroxylation sites is 1. The monoisotopic (exact) mass is 303 g/mol. The minimum absolute atomic E-state index is 0.0741. The zero-order valence-corrected chi connectivity index (χ0v) is 12.0. The quantitative estimate of drug-likeness (QED) is 0.929. The van der Waals surface area contributed by atoms with Crippen LogP contribution in [0.5, 0.6) is 0 Å². The molecule has 2 aromatic rings. The highest BCUT2D eigenvalue weighted by Crippen LogP contribution is 2.20. The van der Waals surface area contributed by atoms with Gasteiger partial charge in [-0.1, -0.05) is 18.2 Å². The predicted octanol–water partition coefficient (Wildman–Crippen LogP) is 1.68. The molecule has 1 amide bonds. The van der Waals surface area contributed by atoms with E-state index < -0.39 is 12.1 Å². The number of furan rings is 1. The molecule has 3 rings (SSSR count). The third kappa shape index (κ3) is 3.12. The first-order valence-corrected chi connectivity index (χ1v) is 7.23. The van der Waals surface area contributed by atoms with E-state index in [0.29, 0.717) is 19.4 Å². The Hall–Kier alpha value is -2.34. The van der Waals surface area contributed by atoms with Crippen molar-refractivity contribution in [3.05, 3.63) is 36.1 Å². The Morgan fingerprint density at radius 2 is 2.14 bits per heavy atom. The molecule has 1 aromatic heterocycles. The van der Waals surface area contributed by atoms with Crippen molar-refractivity contribution < 1.29 is 23.8 Å².